The smallest absolute Gasteiger partial charge is 0.387 e. The molecule has 1 fully saturated rings. The topological polar surface area (TPSA) is 56.5 Å². The van der Waals surface area contributed by atoms with Gasteiger partial charge in [0, 0.05) is 30.5 Å². The molecule has 0 radical (unpaired) electrons. The number of benzene rings is 1. The summed E-state index contributed by atoms with van der Waals surface area (Å²) in [6.45, 7) is -2.54. The molecule has 1 aromatic carbocycles. The van der Waals surface area contributed by atoms with Crippen molar-refractivity contribution in [2.45, 2.75) is 45.1 Å². The largest absolute Gasteiger partial charge is 0.434 e. The molecule has 5 nitrogen and oxygen atoms in total. The molecule has 24 heavy (non-hydrogen) atoms. The van der Waals surface area contributed by atoms with Crippen LogP contribution >= 0.6 is 0 Å². The van der Waals surface area contributed by atoms with Crippen molar-refractivity contribution in [3.63, 3.8) is 0 Å². The molecule has 7 heteroatoms. The van der Waals surface area contributed by atoms with Gasteiger partial charge in [-0.2, -0.15) is 13.9 Å². The molecule has 1 saturated heterocycles. The maximum atomic E-state index is 12.4. The Bertz CT molecular complexity index is 670. The molecule has 0 saturated carbocycles. The molecule has 1 aliphatic rings. The van der Waals surface area contributed by atoms with Crippen LogP contribution in [0.5, 0.6) is 5.75 Å². The fourth-order valence-electron chi connectivity index (χ4n) is 2.94. The lowest BCUT2D eigenvalue weighted by molar-refractivity contribution is -0.0509. The zero-order valence-corrected chi connectivity index (χ0v) is 13.2. The van der Waals surface area contributed by atoms with E-state index in [1.165, 1.54) is 6.07 Å². The molecule has 0 aliphatic carbocycles. The lowest BCUT2D eigenvalue weighted by Crippen LogP contribution is -2.21. The third-order valence-electron chi connectivity index (χ3n) is 4.08. The Kier molecular flexibility index (Phi) is 5.42. The van der Waals surface area contributed by atoms with E-state index >= 15 is 0 Å². The van der Waals surface area contributed by atoms with Crippen LogP contribution in [-0.4, -0.2) is 28.1 Å². The average molecular weight is 338 g/mol. The van der Waals surface area contributed by atoms with Crippen molar-refractivity contribution in [1.29, 1.82) is 0 Å². The Morgan fingerprint density at radius 3 is 2.92 bits per heavy atom. The molecule has 3 rings (SSSR count). The zero-order chi connectivity index (χ0) is 16.9. The van der Waals surface area contributed by atoms with E-state index in [2.05, 4.69) is 9.84 Å². The minimum atomic E-state index is -2.91. The third kappa shape index (κ3) is 3.91. The highest BCUT2D eigenvalue weighted by Gasteiger charge is 2.19. The minimum absolute atomic E-state index is 0.000344. The van der Waals surface area contributed by atoms with Gasteiger partial charge in [-0.15, -0.1) is 0 Å². The number of nitrogens with zero attached hydrogens (tertiary/aromatic N) is 2. The zero-order valence-electron chi connectivity index (χ0n) is 13.2. The molecule has 0 amide bonds. The van der Waals surface area contributed by atoms with E-state index in [1.54, 1.807) is 18.3 Å². The Morgan fingerprint density at radius 1 is 1.33 bits per heavy atom. The van der Waals surface area contributed by atoms with Gasteiger partial charge in [-0.25, -0.2) is 4.68 Å². The van der Waals surface area contributed by atoms with E-state index in [-0.39, 0.29) is 18.6 Å². The van der Waals surface area contributed by atoms with E-state index in [0.717, 1.165) is 37.1 Å². The number of ether oxygens (including phenoxy) is 2. The highest BCUT2D eigenvalue weighted by Crippen LogP contribution is 2.26. The van der Waals surface area contributed by atoms with Crippen LogP contribution in [0, 0.1) is 0 Å². The monoisotopic (exact) mass is 338 g/mol. The van der Waals surface area contributed by atoms with Gasteiger partial charge in [0.2, 0.25) is 0 Å². The van der Waals surface area contributed by atoms with Crippen LogP contribution in [0.15, 0.2) is 30.5 Å². The summed E-state index contributed by atoms with van der Waals surface area (Å²) in [6.07, 6.45) is 5.35. The van der Waals surface area contributed by atoms with E-state index in [1.807, 2.05) is 10.7 Å². The summed E-state index contributed by atoms with van der Waals surface area (Å²) in [5, 5.41) is 13.7. The predicted octanol–water partition coefficient (Wildman–Crippen LogP) is 3.27. The first kappa shape index (κ1) is 16.9. The molecule has 1 aromatic heterocycles. The van der Waals surface area contributed by atoms with Crippen LogP contribution in [-0.2, 0) is 17.8 Å². The number of aliphatic hydroxyl groups is 1. The second-order valence-corrected chi connectivity index (χ2v) is 5.74. The molecule has 2 heterocycles. The number of hydrogen-bond acceptors (Lipinski definition) is 4. The quantitative estimate of drug-likeness (QED) is 0.878. The Hall–Kier alpha value is -1.99. The number of hydrogen-bond donors (Lipinski definition) is 1. The number of rotatable bonds is 6. The summed E-state index contributed by atoms with van der Waals surface area (Å²) in [5.74, 6) is 0.000344. The number of alkyl halides is 2. The Labute approximate surface area is 138 Å². The van der Waals surface area contributed by atoms with Crippen molar-refractivity contribution in [2.24, 2.45) is 0 Å². The van der Waals surface area contributed by atoms with Crippen LogP contribution in [0.1, 0.15) is 42.3 Å². The number of aromatic nitrogens is 2. The van der Waals surface area contributed by atoms with E-state index in [9.17, 15) is 13.9 Å². The summed E-state index contributed by atoms with van der Waals surface area (Å²) in [5.41, 5.74) is 2.21. The molecular weight excluding hydrogens is 318 g/mol. The molecule has 1 N–H and O–H groups in total. The molecule has 1 atom stereocenters. The minimum Gasteiger partial charge on any atom is -0.434 e. The van der Waals surface area contributed by atoms with Gasteiger partial charge in [-0.1, -0.05) is 6.07 Å². The maximum absolute atomic E-state index is 12.4. The van der Waals surface area contributed by atoms with Crippen LogP contribution in [0.2, 0.25) is 0 Å². The molecule has 1 aliphatic heterocycles. The van der Waals surface area contributed by atoms with Gasteiger partial charge in [0.1, 0.15) is 12.0 Å². The first-order valence-corrected chi connectivity index (χ1v) is 7.99. The lowest BCUT2D eigenvalue weighted by atomic mass is 10.1. The van der Waals surface area contributed by atoms with Gasteiger partial charge >= 0.3 is 6.61 Å². The summed E-state index contributed by atoms with van der Waals surface area (Å²) < 4.78 is 36.8. The van der Waals surface area contributed by atoms with Crippen LogP contribution in [0.4, 0.5) is 8.78 Å². The third-order valence-corrected chi connectivity index (χ3v) is 4.08. The molecule has 0 spiro atoms. The van der Waals surface area contributed by atoms with E-state index < -0.39 is 6.61 Å². The SMILES string of the molecule is OCc1cc(Cc2ccnn2C2CCCCO2)ccc1OC(F)F. The van der Waals surface area contributed by atoms with Crippen LogP contribution in [0.25, 0.3) is 0 Å². The second kappa shape index (κ2) is 7.72. The number of aliphatic hydroxyl groups excluding tert-OH is 1. The lowest BCUT2D eigenvalue weighted by Gasteiger charge is -2.24. The second-order valence-electron chi connectivity index (χ2n) is 5.74. The average Bonchev–Trinajstić information content (AvgIpc) is 3.04. The molecule has 2 aromatic rings. The molecule has 1 unspecified atom stereocenters. The molecular formula is C17H20F2N2O3. The predicted molar refractivity (Wildman–Crippen MR) is 82.9 cm³/mol. The highest BCUT2D eigenvalue weighted by molar-refractivity contribution is 5.38. The molecule has 0 bridgehead atoms. The summed E-state index contributed by atoms with van der Waals surface area (Å²) >= 11 is 0. The first-order chi connectivity index (χ1) is 11.7. The highest BCUT2D eigenvalue weighted by atomic mass is 19.3. The van der Waals surface area contributed by atoms with Gasteiger partial charge in [0.25, 0.3) is 0 Å². The van der Waals surface area contributed by atoms with Gasteiger partial charge in [-0.3, -0.25) is 0 Å². The van der Waals surface area contributed by atoms with E-state index in [0.29, 0.717) is 12.0 Å². The van der Waals surface area contributed by atoms with Crippen molar-refractivity contribution in [2.75, 3.05) is 6.61 Å². The van der Waals surface area contributed by atoms with Crippen molar-refractivity contribution < 1.29 is 23.4 Å². The van der Waals surface area contributed by atoms with Crippen molar-refractivity contribution in [1.82, 2.24) is 9.78 Å². The van der Waals surface area contributed by atoms with Gasteiger partial charge in [0.05, 0.1) is 6.61 Å². The Balaban J connectivity index is 1.78. The van der Waals surface area contributed by atoms with Gasteiger partial charge < -0.3 is 14.6 Å². The van der Waals surface area contributed by atoms with Crippen molar-refractivity contribution in [3.05, 3.63) is 47.3 Å². The first-order valence-electron chi connectivity index (χ1n) is 7.99. The summed E-state index contributed by atoms with van der Waals surface area (Å²) in [7, 11) is 0. The number of halogens is 2. The standard InChI is InChI=1S/C17H20F2N2O3/c18-17(19)24-15-5-4-12(9-13(15)11-22)10-14-6-7-20-21(14)16-3-1-2-8-23-16/h4-7,9,16-17,22H,1-3,8,10-11H2. The van der Waals surface area contributed by atoms with Crippen molar-refractivity contribution in [3.8, 4) is 5.75 Å². The van der Waals surface area contributed by atoms with Gasteiger partial charge in [-0.05, 0) is 43.0 Å². The van der Waals surface area contributed by atoms with Crippen LogP contribution < -0.4 is 4.74 Å². The molecule has 130 valence electrons. The van der Waals surface area contributed by atoms with Crippen molar-refractivity contribution >= 4 is 0 Å². The Morgan fingerprint density at radius 2 is 2.21 bits per heavy atom. The van der Waals surface area contributed by atoms with Gasteiger partial charge in [0.15, 0.2) is 0 Å². The normalized spacial score (nSPS) is 18.1. The summed E-state index contributed by atoms with van der Waals surface area (Å²) in [4.78, 5) is 0. The fraction of sp³-hybridized carbons (Fsp3) is 0.471. The van der Waals surface area contributed by atoms with Crippen LogP contribution in [0.3, 0.4) is 0 Å². The fourth-order valence-corrected chi connectivity index (χ4v) is 2.94. The summed E-state index contributed by atoms with van der Waals surface area (Å²) in [6, 6.07) is 6.78. The van der Waals surface area contributed by atoms with E-state index in [4.69, 9.17) is 4.74 Å². The maximum Gasteiger partial charge on any atom is 0.387 e.